The Morgan fingerprint density at radius 2 is 1.75 bits per heavy atom. The summed E-state index contributed by atoms with van der Waals surface area (Å²) in [7, 11) is 0. The molecular formula is C9H16N2O. The van der Waals surface area contributed by atoms with Gasteiger partial charge in [0.05, 0.1) is 12.2 Å². The van der Waals surface area contributed by atoms with Gasteiger partial charge in [-0.1, -0.05) is 25.7 Å². The Morgan fingerprint density at radius 3 is 2.25 bits per heavy atom. The number of rotatable bonds is 0. The second-order valence-electron chi connectivity index (χ2n) is 3.86. The van der Waals surface area contributed by atoms with E-state index in [1.54, 1.807) is 0 Å². The number of hydrogen-bond donors (Lipinski definition) is 2. The van der Waals surface area contributed by atoms with E-state index in [1.807, 2.05) is 0 Å². The molecule has 0 aromatic rings. The van der Waals surface area contributed by atoms with Gasteiger partial charge in [-0.15, -0.1) is 0 Å². The van der Waals surface area contributed by atoms with E-state index in [9.17, 15) is 4.79 Å². The van der Waals surface area contributed by atoms with Gasteiger partial charge in [0.15, 0.2) is 0 Å². The van der Waals surface area contributed by atoms with Gasteiger partial charge in [0.25, 0.3) is 0 Å². The monoisotopic (exact) mass is 168 g/mol. The summed E-state index contributed by atoms with van der Waals surface area (Å²) in [5, 5.41) is 6.16. The summed E-state index contributed by atoms with van der Waals surface area (Å²) in [6.45, 7) is 0.666. The fraction of sp³-hybridized carbons (Fsp3) is 0.889. The Balaban J connectivity index is 2.11. The zero-order valence-corrected chi connectivity index (χ0v) is 7.36. The lowest BCUT2D eigenvalue weighted by Crippen LogP contribution is -2.45. The minimum absolute atomic E-state index is 0.184. The maximum atomic E-state index is 11.5. The maximum Gasteiger partial charge on any atom is 0.241 e. The van der Waals surface area contributed by atoms with E-state index in [0.29, 0.717) is 6.67 Å². The van der Waals surface area contributed by atoms with E-state index in [1.165, 1.54) is 25.7 Å². The largest absolute Gasteiger partial charge is 0.342 e. The van der Waals surface area contributed by atoms with Crippen molar-refractivity contribution in [1.82, 2.24) is 10.6 Å². The predicted octanol–water partition coefficient (Wildman–Crippen LogP) is 0.756. The molecule has 1 saturated heterocycles. The van der Waals surface area contributed by atoms with Gasteiger partial charge in [-0.2, -0.15) is 0 Å². The Labute approximate surface area is 72.9 Å². The fourth-order valence-corrected chi connectivity index (χ4v) is 2.28. The van der Waals surface area contributed by atoms with Crippen molar-refractivity contribution in [2.75, 3.05) is 6.67 Å². The van der Waals surface area contributed by atoms with Crippen LogP contribution in [-0.2, 0) is 4.79 Å². The van der Waals surface area contributed by atoms with Gasteiger partial charge < -0.3 is 5.32 Å². The van der Waals surface area contributed by atoms with Crippen molar-refractivity contribution in [3.8, 4) is 0 Å². The SMILES string of the molecule is O=C1NCNC12CCCCCC2. The molecule has 2 N–H and O–H groups in total. The van der Waals surface area contributed by atoms with Crippen LogP contribution in [0.4, 0.5) is 0 Å². The highest BCUT2D eigenvalue weighted by atomic mass is 16.2. The first-order chi connectivity index (χ1) is 5.83. The molecule has 1 saturated carbocycles. The first kappa shape index (κ1) is 8.05. The zero-order chi connectivity index (χ0) is 8.44. The van der Waals surface area contributed by atoms with Gasteiger partial charge in [-0.3, -0.25) is 10.1 Å². The summed E-state index contributed by atoms with van der Waals surface area (Å²) in [6, 6.07) is 0. The number of nitrogens with one attached hydrogen (secondary N) is 2. The molecule has 1 aliphatic heterocycles. The Hall–Kier alpha value is -0.570. The molecule has 0 radical (unpaired) electrons. The lowest BCUT2D eigenvalue weighted by Gasteiger charge is -2.23. The van der Waals surface area contributed by atoms with E-state index < -0.39 is 0 Å². The lowest BCUT2D eigenvalue weighted by molar-refractivity contribution is -0.124. The fourth-order valence-electron chi connectivity index (χ4n) is 2.28. The van der Waals surface area contributed by atoms with Crippen molar-refractivity contribution in [1.29, 1.82) is 0 Å². The summed E-state index contributed by atoms with van der Waals surface area (Å²) in [6.07, 6.45) is 7.02. The lowest BCUT2D eigenvalue weighted by atomic mass is 9.91. The van der Waals surface area contributed by atoms with E-state index in [-0.39, 0.29) is 11.4 Å². The van der Waals surface area contributed by atoms with E-state index in [4.69, 9.17) is 0 Å². The van der Waals surface area contributed by atoms with Gasteiger partial charge in [0, 0.05) is 0 Å². The zero-order valence-electron chi connectivity index (χ0n) is 7.36. The standard InChI is InChI=1S/C9H16N2O/c12-8-9(11-7-10-8)5-3-1-2-4-6-9/h11H,1-7H2,(H,10,12). The molecule has 0 unspecified atom stereocenters. The van der Waals surface area contributed by atoms with Crippen LogP contribution in [-0.4, -0.2) is 18.1 Å². The van der Waals surface area contributed by atoms with E-state index in [0.717, 1.165) is 12.8 Å². The number of carbonyl (C=O) groups excluding carboxylic acids is 1. The van der Waals surface area contributed by atoms with Crippen LogP contribution in [0.15, 0.2) is 0 Å². The minimum atomic E-state index is -0.184. The third-order valence-electron chi connectivity index (χ3n) is 3.07. The number of amides is 1. The smallest absolute Gasteiger partial charge is 0.241 e. The molecule has 12 heavy (non-hydrogen) atoms. The Bertz CT molecular complexity index is 183. The average Bonchev–Trinajstić information content (AvgIpc) is 2.33. The van der Waals surface area contributed by atoms with E-state index >= 15 is 0 Å². The number of hydrogen-bond acceptors (Lipinski definition) is 2. The maximum absolute atomic E-state index is 11.5. The van der Waals surface area contributed by atoms with Crippen molar-refractivity contribution in [3.05, 3.63) is 0 Å². The average molecular weight is 168 g/mol. The molecule has 2 aliphatic rings. The third-order valence-corrected chi connectivity index (χ3v) is 3.07. The normalized spacial score (nSPS) is 28.5. The molecule has 1 aliphatic carbocycles. The molecule has 1 spiro atoms. The summed E-state index contributed by atoms with van der Waals surface area (Å²) in [5.41, 5.74) is -0.184. The first-order valence-corrected chi connectivity index (χ1v) is 4.87. The second-order valence-corrected chi connectivity index (χ2v) is 3.86. The van der Waals surface area contributed by atoms with Crippen LogP contribution in [0.3, 0.4) is 0 Å². The highest BCUT2D eigenvalue weighted by Gasteiger charge is 2.41. The van der Waals surface area contributed by atoms with Gasteiger partial charge in [0.2, 0.25) is 5.91 Å². The molecule has 68 valence electrons. The van der Waals surface area contributed by atoms with Crippen LogP contribution in [0.5, 0.6) is 0 Å². The van der Waals surface area contributed by atoms with E-state index in [2.05, 4.69) is 10.6 Å². The minimum Gasteiger partial charge on any atom is -0.342 e. The van der Waals surface area contributed by atoms with Crippen LogP contribution in [0, 0.1) is 0 Å². The van der Waals surface area contributed by atoms with Gasteiger partial charge >= 0.3 is 0 Å². The molecule has 1 amide bonds. The molecule has 3 nitrogen and oxygen atoms in total. The van der Waals surface area contributed by atoms with Crippen molar-refractivity contribution in [2.45, 2.75) is 44.1 Å². The predicted molar refractivity (Wildman–Crippen MR) is 46.6 cm³/mol. The molecular weight excluding hydrogens is 152 g/mol. The summed E-state index contributed by atoms with van der Waals surface area (Å²) >= 11 is 0. The molecule has 3 heteroatoms. The van der Waals surface area contributed by atoms with Crippen LogP contribution < -0.4 is 10.6 Å². The first-order valence-electron chi connectivity index (χ1n) is 4.87. The summed E-state index contributed by atoms with van der Waals surface area (Å²) < 4.78 is 0. The topological polar surface area (TPSA) is 41.1 Å². The molecule has 0 aromatic carbocycles. The van der Waals surface area contributed by atoms with Gasteiger partial charge in [-0.25, -0.2) is 0 Å². The van der Waals surface area contributed by atoms with Crippen LogP contribution in [0.1, 0.15) is 38.5 Å². The molecule has 2 fully saturated rings. The summed E-state index contributed by atoms with van der Waals surface area (Å²) in [5.74, 6) is 0.226. The molecule has 1 heterocycles. The van der Waals surface area contributed by atoms with Gasteiger partial charge in [-0.05, 0) is 12.8 Å². The van der Waals surface area contributed by atoms with Crippen molar-refractivity contribution >= 4 is 5.91 Å². The highest BCUT2D eigenvalue weighted by Crippen LogP contribution is 2.28. The molecule has 0 atom stereocenters. The van der Waals surface area contributed by atoms with Crippen LogP contribution >= 0.6 is 0 Å². The van der Waals surface area contributed by atoms with Crippen molar-refractivity contribution in [3.63, 3.8) is 0 Å². The molecule has 0 aromatic heterocycles. The quantitative estimate of drug-likeness (QED) is 0.560. The van der Waals surface area contributed by atoms with Crippen LogP contribution in [0.2, 0.25) is 0 Å². The van der Waals surface area contributed by atoms with Gasteiger partial charge in [0.1, 0.15) is 0 Å². The third kappa shape index (κ3) is 1.22. The highest BCUT2D eigenvalue weighted by molar-refractivity contribution is 5.88. The Kier molecular flexibility index (Phi) is 2.05. The van der Waals surface area contributed by atoms with Crippen molar-refractivity contribution in [2.24, 2.45) is 0 Å². The number of carbonyl (C=O) groups is 1. The molecule has 2 rings (SSSR count). The van der Waals surface area contributed by atoms with Crippen LogP contribution in [0.25, 0.3) is 0 Å². The second kappa shape index (κ2) is 3.05. The summed E-state index contributed by atoms with van der Waals surface area (Å²) in [4.78, 5) is 11.5. The molecule has 0 bridgehead atoms. The van der Waals surface area contributed by atoms with Crippen molar-refractivity contribution < 1.29 is 4.79 Å². The Morgan fingerprint density at radius 1 is 1.08 bits per heavy atom.